The molecule has 0 spiro atoms. The summed E-state index contributed by atoms with van der Waals surface area (Å²) >= 11 is 0. The number of amides is 1. The predicted octanol–water partition coefficient (Wildman–Crippen LogP) is 1.90. The number of rotatable bonds is 3. The third-order valence-corrected chi connectivity index (χ3v) is 3.92. The summed E-state index contributed by atoms with van der Waals surface area (Å²) in [6.07, 6.45) is 3.14. The van der Waals surface area contributed by atoms with Crippen LogP contribution in [0.2, 0.25) is 0 Å². The van der Waals surface area contributed by atoms with Gasteiger partial charge in [-0.1, -0.05) is 0 Å². The molecule has 1 aliphatic heterocycles. The first-order valence-corrected chi connectivity index (χ1v) is 6.90. The van der Waals surface area contributed by atoms with E-state index in [1.165, 1.54) is 0 Å². The summed E-state index contributed by atoms with van der Waals surface area (Å²) in [6, 6.07) is 4.91. The number of aromatic hydroxyl groups is 1. The maximum absolute atomic E-state index is 12.4. The summed E-state index contributed by atoms with van der Waals surface area (Å²) in [5, 5.41) is 9.39. The number of nitrogens with two attached hydrogens (primary N) is 1. The Kier molecular flexibility index (Phi) is 4.43. The van der Waals surface area contributed by atoms with E-state index < -0.39 is 0 Å². The second-order valence-electron chi connectivity index (χ2n) is 5.31. The first-order valence-electron chi connectivity index (χ1n) is 6.90. The van der Waals surface area contributed by atoms with Crippen LogP contribution in [-0.2, 0) is 0 Å². The molecule has 104 valence electrons. The summed E-state index contributed by atoms with van der Waals surface area (Å²) in [5.41, 5.74) is 7.09. The Balaban J connectivity index is 2.01. The average molecular weight is 262 g/mol. The van der Waals surface area contributed by atoms with Gasteiger partial charge in [0.2, 0.25) is 0 Å². The Bertz CT molecular complexity index is 451. The second kappa shape index (κ2) is 6.06. The Labute approximate surface area is 114 Å². The van der Waals surface area contributed by atoms with Gasteiger partial charge in [0.25, 0.3) is 5.91 Å². The highest BCUT2D eigenvalue weighted by molar-refractivity contribution is 5.95. The van der Waals surface area contributed by atoms with Crippen LogP contribution in [0.3, 0.4) is 0 Å². The van der Waals surface area contributed by atoms with Crippen molar-refractivity contribution in [2.75, 3.05) is 19.6 Å². The van der Waals surface area contributed by atoms with E-state index >= 15 is 0 Å². The molecule has 1 heterocycles. The molecule has 1 fully saturated rings. The van der Waals surface area contributed by atoms with E-state index in [1.807, 2.05) is 11.8 Å². The van der Waals surface area contributed by atoms with Gasteiger partial charge >= 0.3 is 0 Å². The zero-order valence-electron chi connectivity index (χ0n) is 11.4. The highest BCUT2D eigenvalue weighted by Crippen LogP contribution is 2.23. The molecule has 4 nitrogen and oxygen atoms in total. The summed E-state index contributed by atoms with van der Waals surface area (Å²) in [4.78, 5) is 14.3. The Hall–Kier alpha value is -1.55. The zero-order chi connectivity index (χ0) is 13.8. The lowest BCUT2D eigenvalue weighted by atomic mass is 9.93. The molecular weight excluding hydrogens is 240 g/mol. The summed E-state index contributed by atoms with van der Waals surface area (Å²) in [5.74, 6) is 0.939. The Morgan fingerprint density at radius 2 is 2.11 bits per heavy atom. The van der Waals surface area contributed by atoms with Crippen LogP contribution < -0.4 is 5.73 Å². The van der Waals surface area contributed by atoms with E-state index in [4.69, 9.17) is 5.73 Å². The highest BCUT2D eigenvalue weighted by atomic mass is 16.3. The number of hydrogen-bond acceptors (Lipinski definition) is 3. The molecule has 0 aliphatic carbocycles. The SMILES string of the molecule is Cc1cc(O)ccc1C(=O)N1CCC(CCN)CC1. The van der Waals surface area contributed by atoms with Gasteiger partial charge in [0.05, 0.1) is 0 Å². The summed E-state index contributed by atoms with van der Waals surface area (Å²) in [7, 11) is 0. The van der Waals surface area contributed by atoms with E-state index in [1.54, 1.807) is 18.2 Å². The van der Waals surface area contributed by atoms with Gasteiger partial charge in [0, 0.05) is 18.7 Å². The standard InChI is InChI=1S/C15H22N2O2/c1-11-10-13(18)2-3-14(11)15(19)17-8-5-12(4-7-16)6-9-17/h2-3,10,12,18H,4-9,16H2,1H3. The van der Waals surface area contributed by atoms with Crippen molar-refractivity contribution >= 4 is 5.91 Å². The minimum Gasteiger partial charge on any atom is -0.508 e. The maximum Gasteiger partial charge on any atom is 0.254 e. The normalized spacial score (nSPS) is 16.6. The van der Waals surface area contributed by atoms with Gasteiger partial charge in [-0.25, -0.2) is 0 Å². The molecule has 0 radical (unpaired) electrons. The number of likely N-dealkylation sites (tertiary alicyclic amines) is 1. The van der Waals surface area contributed by atoms with Gasteiger partial charge in [-0.05, 0) is 62.4 Å². The van der Waals surface area contributed by atoms with E-state index in [0.717, 1.165) is 44.5 Å². The molecule has 0 aromatic heterocycles. The average Bonchev–Trinajstić information content (AvgIpc) is 2.39. The molecule has 1 amide bonds. The lowest BCUT2D eigenvalue weighted by Gasteiger charge is -2.32. The Morgan fingerprint density at radius 3 is 2.68 bits per heavy atom. The molecule has 4 heteroatoms. The molecule has 3 N–H and O–H groups in total. The Morgan fingerprint density at radius 1 is 1.42 bits per heavy atom. The van der Waals surface area contributed by atoms with Crippen LogP contribution in [0.15, 0.2) is 18.2 Å². The molecule has 1 aromatic carbocycles. The second-order valence-corrected chi connectivity index (χ2v) is 5.31. The van der Waals surface area contributed by atoms with E-state index in [-0.39, 0.29) is 11.7 Å². The van der Waals surface area contributed by atoms with Crippen molar-refractivity contribution in [2.45, 2.75) is 26.2 Å². The van der Waals surface area contributed by atoms with Crippen LogP contribution in [0.4, 0.5) is 0 Å². The van der Waals surface area contributed by atoms with Crippen LogP contribution >= 0.6 is 0 Å². The molecule has 0 bridgehead atoms. The number of carbonyl (C=O) groups is 1. The van der Waals surface area contributed by atoms with Crippen molar-refractivity contribution in [3.8, 4) is 5.75 Å². The molecule has 0 saturated carbocycles. The number of hydrogen-bond donors (Lipinski definition) is 2. The van der Waals surface area contributed by atoms with Gasteiger partial charge in [-0.2, -0.15) is 0 Å². The maximum atomic E-state index is 12.4. The van der Waals surface area contributed by atoms with Crippen LogP contribution in [0.5, 0.6) is 5.75 Å². The quantitative estimate of drug-likeness (QED) is 0.874. The molecule has 1 aromatic rings. The lowest BCUT2D eigenvalue weighted by Crippen LogP contribution is -2.39. The largest absolute Gasteiger partial charge is 0.508 e. The van der Waals surface area contributed by atoms with Gasteiger partial charge < -0.3 is 15.7 Å². The minimum absolute atomic E-state index is 0.0729. The topological polar surface area (TPSA) is 66.6 Å². The molecule has 1 aliphatic rings. The summed E-state index contributed by atoms with van der Waals surface area (Å²) < 4.78 is 0. The van der Waals surface area contributed by atoms with Crippen LogP contribution in [0, 0.1) is 12.8 Å². The van der Waals surface area contributed by atoms with Crippen molar-refractivity contribution in [3.05, 3.63) is 29.3 Å². The number of benzene rings is 1. The minimum atomic E-state index is 0.0729. The molecule has 19 heavy (non-hydrogen) atoms. The molecule has 2 rings (SSSR count). The number of nitrogens with zero attached hydrogens (tertiary/aromatic N) is 1. The number of aryl methyl sites for hydroxylation is 1. The molecule has 0 unspecified atom stereocenters. The third-order valence-electron chi connectivity index (χ3n) is 3.92. The molecule has 0 atom stereocenters. The van der Waals surface area contributed by atoms with E-state index in [2.05, 4.69) is 0 Å². The van der Waals surface area contributed by atoms with Gasteiger partial charge in [-0.15, -0.1) is 0 Å². The van der Waals surface area contributed by atoms with Crippen molar-refractivity contribution in [1.29, 1.82) is 0 Å². The first-order chi connectivity index (χ1) is 9.11. The number of piperidine rings is 1. The zero-order valence-corrected chi connectivity index (χ0v) is 11.4. The van der Waals surface area contributed by atoms with Crippen LogP contribution in [-0.4, -0.2) is 35.5 Å². The van der Waals surface area contributed by atoms with Gasteiger partial charge in [-0.3, -0.25) is 4.79 Å². The smallest absolute Gasteiger partial charge is 0.254 e. The molecular formula is C15H22N2O2. The van der Waals surface area contributed by atoms with Crippen molar-refractivity contribution < 1.29 is 9.90 Å². The fraction of sp³-hybridized carbons (Fsp3) is 0.533. The van der Waals surface area contributed by atoms with Crippen molar-refractivity contribution in [3.63, 3.8) is 0 Å². The number of phenols is 1. The summed E-state index contributed by atoms with van der Waals surface area (Å²) in [6.45, 7) is 4.21. The van der Waals surface area contributed by atoms with Crippen molar-refractivity contribution in [1.82, 2.24) is 4.90 Å². The van der Waals surface area contributed by atoms with Gasteiger partial charge in [0.15, 0.2) is 0 Å². The van der Waals surface area contributed by atoms with Crippen LogP contribution in [0.1, 0.15) is 35.2 Å². The van der Waals surface area contributed by atoms with E-state index in [9.17, 15) is 9.90 Å². The van der Waals surface area contributed by atoms with Gasteiger partial charge in [0.1, 0.15) is 5.75 Å². The number of phenolic OH excluding ortho intramolecular Hbond substituents is 1. The van der Waals surface area contributed by atoms with Crippen LogP contribution in [0.25, 0.3) is 0 Å². The lowest BCUT2D eigenvalue weighted by molar-refractivity contribution is 0.0687. The van der Waals surface area contributed by atoms with Crippen molar-refractivity contribution in [2.24, 2.45) is 11.7 Å². The number of carbonyl (C=O) groups excluding carboxylic acids is 1. The highest BCUT2D eigenvalue weighted by Gasteiger charge is 2.24. The fourth-order valence-electron chi connectivity index (χ4n) is 2.72. The monoisotopic (exact) mass is 262 g/mol. The predicted molar refractivity (Wildman–Crippen MR) is 75.1 cm³/mol. The van der Waals surface area contributed by atoms with E-state index in [0.29, 0.717) is 11.5 Å². The fourth-order valence-corrected chi connectivity index (χ4v) is 2.72. The third kappa shape index (κ3) is 3.26. The molecule has 1 saturated heterocycles. The first kappa shape index (κ1) is 13.9.